The fourth-order valence-electron chi connectivity index (χ4n) is 6.49. The van der Waals surface area contributed by atoms with E-state index in [0.717, 1.165) is 64.8 Å². The van der Waals surface area contributed by atoms with Crippen molar-refractivity contribution < 1.29 is 9.53 Å². The number of carbonyl (C=O) groups excluding carboxylic acids is 1. The average molecular weight is 584 g/mol. The standard InChI is InChI=1S/C34H45N7O2/c1-22(35)32(40(6)36)25-18-29-31(37-20-25)27-13-12-26(34(2,3)38-30(42)21-39(4)5)19-28(27)41(29)33(23-10-8-7-9-11-23)24-14-16-43-17-15-24/h7-13,18-20,24,33H,14-17,21,35-36H2,1-6H3,(H,38,42)/b32-22-. The summed E-state index contributed by atoms with van der Waals surface area (Å²) in [6, 6.07) is 19.4. The van der Waals surface area contributed by atoms with Crippen LogP contribution in [-0.2, 0) is 15.1 Å². The summed E-state index contributed by atoms with van der Waals surface area (Å²) in [5.74, 6) is 6.58. The number of ether oxygens (including phenoxy) is 1. The highest BCUT2D eigenvalue weighted by atomic mass is 16.5. The number of likely N-dealkylation sites (N-methyl/N-ethyl adjacent to an activating group) is 1. The van der Waals surface area contributed by atoms with Gasteiger partial charge in [0, 0.05) is 43.1 Å². The van der Waals surface area contributed by atoms with Crippen molar-refractivity contribution in [3.05, 3.63) is 83.2 Å². The number of carbonyl (C=O) groups is 1. The Bertz CT molecular complexity index is 1630. The van der Waals surface area contributed by atoms with Crippen LogP contribution >= 0.6 is 0 Å². The zero-order valence-electron chi connectivity index (χ0n) is 26.2. The van der Waals surface area contributed by atoms with Crippen molar-refractivity contribution in [1.29, 1.82) is 0 Å². The topological polar surface area (TPSA) is 115 Å². The molecule has 1 aliphatic rings. The average Bonchev–Trinajstić information content (AvgIpc) is 3.26. The lowest BCUT2D eigenvalue weighted by atomic mass is 9.86. The van der Waals surface area contributed by atoms with Crippen LogP contribution < -0.4 is 16.9 Å². The van der Waals surface area contributed by atoms with Crippen LogP contribution in [0.15, 0.2) is 66.5 Å². The third kappa shape index (κ3) is 6.25. The van der Waals surface area contributed by atoms with E-state index in [0.29, 0.717) is 18.2 Å². The first-order valence-electron chi connectivity index (χ1n) is 15.0. The second kappa shape index (κ2) is 12.4. The minimum Gasteiger partial charge on any atom is -0.401 e. The normalized spacial score (nSPS) is 16.0. The van der Waals surface area contributed by atoms with Crippen molar-refractivity contribution in [2.45, 2.75) is 45.2 Å². The van der Waals surface area contributed by atoms with Gasteiger partial charge >= 0.3 is 0 Å². The molecule has 1 amide bonds. The van der Waals surface area contributed by atoms with E-state index in [-0.39, 0.29) is 11.9 Å². The lowest BCUT2D eigenvalue weighted by Gasteiger charge is -2.33. The van der Waals surface area contributed by atoms with E-state index < -0.39 is 5.54 Å². The van der Waals surface area contributed by atoms with Crippen LogP contribution in [0.1, 0.15) is 56.3 Å². The molecule has 4 aromatic rings. The van der Waals surface area contributed by atoms with E-state index >= 15 is 0 Å². The first kappa shape index (κ1) is 30.5. The molecule has 228 valence electrons. The molecule has 1 fully saturated rings. The van der Waals surface area contributed by atoms with Gasteiger partial charge in [-0.15, -0.1) is 0 Å². The molecule has 43 heavy (non-hydrogen) atoms. The molecule has 0 saturated carbocycles. The first-order valence-corrected chi connectivity index (χ1v) is 15.0. The highest BCUT2D eigenvalue weighted by Crippen LogP contribution is 2.41. The lowest BCUT2D eigenvalue weighted by Crippen LogP contribution is -2.44. The Kier molecular flexibility index (Phi) is 8.78. The molecule has 1 atom stereocenters. The van der Waals surface area contributed by atoms with Gasteiger partial charge in [0.1, 0.15) is 0 Å². The molecule has 9 nitrogen and oxygen atoms in total. The van der Waals surface area contributed by atoms with Crippen LogP contribution in [0.3, 0.4) is 0 Å². The summed E-state index contributed by atoms with van der Waals surface area (Å²) in [4.78, 5) is 19.7. The van der Waals surface area contributed by atoms with Gasteiger partial charge in [0.25, 0.3) is 0 Å². The number of hydrogen-bond acceptors (Lipinski definition) is 7. The summed E-state index contributed by atoms with van der Waals surface area (Å²) >= 11 is 0. The monoisotopic (exact) mass is 583 g/mol. The number of allylic oxidation sites excluding steroid dienone is 1. The summed E-state index contributed by atoms with van der Waals surface area (Å²) in [5.41, 5.74) is 13.2. The Hall–Kier alpha value is -3.92. The summed E-state index contributed by atoms with van der Waals surface area (Å²) in [6.45, 7) is 7.76. The molecule has 1 unspecified atom stereocenters. The van der Waals surface area contributed by atoms with E-state index in [1.807, 2.05) is 32.1 Å². The minimum atomic E-state index is -0.586. The van der Waals surface area contributed by atoms with Crippen LogP contribution in [-0.4, -0.2) is 66.3 Å². The van der Waals surface area contributed by atoms with Gasteiger partial charge in [-0.2, -0.15) is 0 Å². The number of pyridine rings is 1. The Morgan fingerprint density at radius 2 is 1.79 bits per heavy atom. The van der Waals surface area contributed by atoms with Gasteiger partial charge in [-0.25, -0.2) is 5.84 Å². The van der Waals surface area contributed by atoms with Crippen LogP contribution in [0.5, 0.6) is 0 Å². The third-order valence-corrected chi connectivity index (χ3v) is 8.40. The molecule has 0 bridgehead atoms. The maximum Gasteiger partial charge on any atom is 0.234 e. The van der Waals surface area contributed by atoms with E-state index in [2.05, 4.69) is 78.3 Å². The fourth-order valence-corrected chi connectivity index (χ4v) is 6.49. The maximum atomic E-state index is 12.8. The molecular weight excluding hydrogens is 538 g/mol. The molecule has 5 N–H and O–H groups in total. The molecule has 0 spiro atoms. The number of benzene rings is 2. The van der Waals surface area contributed by atoms with Crippen molar-refractivity contribution in [2.75, 3.05) is 40.9 Å². The molecule has 0 radical (unpaired) electrons. The molecule has 0 aliphatic carbocycles. The number of aromatic nitrogens is 2. The summed E-state index contributed by atoms with van der Waals surface area (Å²) in [7, 11) is 5.58. The number of nitrogens with two attached hydrogens (primary N) is 2. The smallest absolute Gasteiger partial charge is 0.234 e. The second-order valence-corrected chi connectivity index (χ2v) is 12.6. The predicted octanol–water partition coefficient (Wildman–Crippen LogP) is 4.57. The highest BCUT2D eigenvalue weighted by Gasteiger charge is 2.31. The zero-order chi connectivity index (χ0) is 30.9. The Morgan fingerprint density at radius 3 is 2.42 bits per heavy atom. The van der Waals surface area contributed by atoms with Gasteiger partial charge in [0.2, 0.25) is 5.91 Å². The van der Waals surface area contributed by atoms with E-state index in [9.17, 15) is 4.79 Å². The minimum absolute atomic E-state index is 0.0197. The van der Waals surface area contributed by atoms with Crippen LogP contribution in [0.25, 0.3) is 27.6 Å². The van der Waals surface area contributed by atoms with Gasteiger partial charge in [-0.3, -0.25) is 9.78 Å². The third-order valence-electron chi connectivity index (χ3n) is 8.40. The van der Waals surface area contributed by atoms with Crippen molar-refractivity contribution in [3.8, 4) is 0 Å². The van der Waals surface area contributed by atoms with E-state index in [1.165, 1.54) is 5.56 Å². The van der Waals surface area contributed by atoms with Gasteiger partial charge in [0.05, 0.1) is 40.4 Å². The summed E-state index contributed by atoms with van der Waals surface area (Å²) in [6.07, 6.45) is 3.77. The number of hydrazine groups is 1. The largest absolute Gasteiger partial charge is 0.401 e. The van der Waals surface area contributed by atoms with Crippen molar-refractivity contribution in [1.82, 2.24) is 24.8 Å². The number of rotatable bonds is 9. The van der Waals surface area contributed by atoms with Gasteiger partial charge in [-0.05, 0) is 76.9 Å². The maximum absolute atomic E-state index is 12.8. The molecule has 2 aromatic heterocycles. The molecular formula is C34H45N7O2. The van der Waals surface area contributed by atoms with E-state index in [1.54, 1.807) is 12.1 Å². The fraction of sp³-hybridized carbons (Fsp3) is 0.412. The van der Waals surface area contributed by atoms with Gasteiger partial charge in [-0.1, -0.05) is 42.5 Å². The molecule has 5 rings (SSSR count). The Morgan fingerprint density at radius 1 is 1.09 bits per heavy atom. The molecule has 1 aliphatic heterocycles. The highest BCUT2D eigenvalue weighted by molar-refractivity contribution is 6.06. The Balaban J connectivity index is 1.79. The lowest BCUT2D eigenvalue weighted by molar-refractivity contribution is -0.123. The molecule has 9 heteroatoms. The SMILES string of the molecule is C/C(N)=C(\c1cnc2c3ccc(C(C)(C)NC(=O)CN(C)C)cc3n(C(c3ccccc3)C3CCOCC3)c2c1)N(C)N. The van der Waals surface area contributed by atoms with Crippen LogP contribution in [0.2, 0.25) is 0 Å². The van der Waals surface area contributed by atoms with Gasteiger partial charge < -0.3 is 30.3 Å². The quantitative estimate of drug-likeness (QED) is 0.195. The second-order valence-electron chi connectivity index (χ2n) is 12.6. The van der Waals surface area contributed by atoms with Crippen molar-refractivity contribution in [2.24, 2.45) is 17.5 Å². The van der Waals surface area contributed by atoms with E-state index in [4.69, 9.17) is 21.3 Å². The predicted molar refractivity (Wildman–Crippen MR) is 174 cm³/mol. The first-order chi connectivity index (χ1) is 20.5. The van der Waals surface area contributed by atoms with Gasteiger partial charge in [0.15, 0.2) is 0 Å². The molecule has 1 saturated heterocycles. The number of nitrogens with zero attached hydrogens (tertiary/aromatic N) is 4. The molecule has 3 heterocycles. The van der Waals surface area contributed by atoms with Crippen molar-refractivity contribution >= 4 is 33.5 Å². The number of amides is 1. The zero-order valence-corrected chi connectivity index (χ0v) is 26.2. The van der Waals surface area contributed by atoms with Crippen molar-refractivity contribution in [3.63, 3.8) is 0 Å². The number of fused-ring (bicyclic) bond motifs is 3. The van der Waals surface area contributed by atoms with Crippen LogP contribution in [0.4, 0.5) is 0 Å². The number of nitrogens with one attached hydrogen (secondary N) is 1. The summed E-state index contributed by atoms with van der Waals surface area (Å²) in [5, 5.41) is 5.84. The Labute approximate surface area is 254 Å². The molecule has 2 aromatic carbocycles. The van der Waals surface area contributed by atoms with Crippen LogP contribution in [0, 0.1) is 5.92 Å². The number of hydrogen-bond donors (Lipinski definition) is 3. The summed E-state index contributed by atoms with van der Waals surface area (Å²) < 4.78 is 8.26.